The molecule has 8 rings (SSSR count). The summed E-state index contributed by atoms with van der Waals surface area (Å²) in [4.78, 5) is 11.2. The summed E-state index contributed by atoms with van der Waals surface area (Å²) in [5.41, 5.74) is 11.4. The molecule has 3 aromatic heterocycles. The van der Waals surface area contributed by atoms with Gasteiger partial charge in [0.2, 0.25) is 5.95 Å². The topological polar surface area (TPSA) is 75.5 Å². The second-order valence-electron chi connectivity index (χ2n) is 11.5. The van der Waals surface area contributed by atoms with Crippen LogP contribution in [0.25, 0.3) is 11.3 Å². The first-order valence-electron chi connectivity index (χ1n) is 13.7. The van der Waals surface area contributed by atoms with E-state index in [1.165, 1.54) is 52.0 Å². The zero-order valence-corrected chi connectivity index (χ0v) is 22.7. The average molecular weight is 524 g/mol. The summed E-state index contributed by atoms with van der Waals surface area (Å²) in [6.45, 7) is 8.16. The van der Waals surface area contributed by atoms with Crippen LogP contribution in [0.3, 0.4) is 0 Å². The predicted octanol–water partition coefficient (Wildman–Crippen LogP) is 5.56. The number of nitrogens with zero attached hydrogens (tertiary/aromatic N) is 6. The van der Waals surface area contributed by atoms with Crippen LogP contribution in [-0.2, 0) is 29.7 Å². The maximum Gasteiger partial charge on any atom is 0.225 e. The van der Waals surface area contributed by atoms with Gasteiger partial charge in [0, 0.05) is 48.6 Å². The van der Waals surface area contributed by atoms with Gasteiger partial charge in [-0.25, -0.2) is 14.6 Å². The molecule has 1 saturated carbocycles. The summed E-state index contributed by atoms with van der Waals surface area (Å²) in [6.07, 6.45) is 12.5. The first kappa shape index (κ1) is 22.5. The van der Waals surface area contributed by atoms with Crippen molar-refractivity contribution in [1.29, 1.82) is 0 Å². The number of rotatable bonds is 3. The van der Waals surface area contributed by atoms with E-state index < -0.39 is 10.3 Å². The smallest absolute Gasteiger partial charge is 0.225 e. The zero-order chi connectivity index (χ0) is 25.8. The number of allylic oxidation sites excluding steroid dienone is 2. The molecule has 4 aliphatic rings. The Morgan fingerprint density at radius 1 is 1.13 bits per heavy atom. The molecule has 2 aliphatic carbocycles. The Hall–Kier alpha value is -3.45. The van der Waals surface area contributed by atoms with E-state index in [4.69, 9.17) is 26.7 Å². The Balaban J connectivity index is 1.34. The molecule has 1 aromatic carbocycles. The maximum atomic E-state index is 7.16. The predicted molar refractivity (Wildman–Crippen MR) is 148 cm³/mol. The molecule has 38 heavy (non-hydrogen) atoms. The van der Waals surface area contributed by atoms with E-state index in [9.17, 15) is 0 Å². The molecule has 2 atom stereocenters. The summed E-state index contributed by atoms with van der Waals surface area (Å²) >= 11 is 7.16. The molecule has 0 radical (unpaired) electrons. The lowest BCUT2D eigenvalue weighted by Gasteiger charge is -2.44. The molecule has 2 unspecified atom stereocenters. The van der Waals surface area contributed by atoms with Crippen molar-refractivity contribution < 1.29 is 0 Å². The summed E-state index contributed by atoms with van der Waals surface area (Å²) in [6, 6.07) is 6.61. The van der Waals surface area contributed by atoms with Crippen molar-refractivity contribution >= 4 is 23.1 Å². The van der Waals surface area contributed by atoms with Gasteiger partial charge in [-0.1, -0.05) is 31.2 Å². The van der Waals surface area contributed by atoms with Crippen molar-refractivity contribution in [2.75, 3.05) is 11.4 Å². The van der Waals surface area contributed by atoms with E-state index in [2.05, 4.69) is 57.9 Å². The molecule has 2 aliphatic heterocycles. The fourth-order valence-electron chi connectivity index (χ4n) is 6.96. The van der Waals surface area contributed by atoms with Crippen LogP contribution in [0.4, 0.5) is 5.95 Å². The highest BCUT2D eigenvalue weighted by Gasteiger charge is 2.52. The molecule has 0 bridgehead atoms. The van der Waals surface area contributed by atoms with Gasteiger partial charge >= 0.3 is 0 Å². The molecular formula is C30H30ClN7. The number of hydrogen-bond acceptors (Lipinski definition) is 5. The Morgan fingerprint density at radius 2 is 1.95 bits per heavy atom. The molecule has 192 valence electrons. The minimum absolute atomic E-state index is 0.448. The van der Waals surface area contributed by atoms with E-state index in [1.807, 2.05) is 25.5 Å². The van der Waals surface area contributed by atoms with Gasteiger partial charge in [-0.05, 0) is 55.7 Å². The number of para-hydroxylation sites is 1. The fourth-order valence-corrected chi connectivity index (χ4v) is 7.21. The Bertz CT molecular complexity index is 1640. The molecule has 0 spiro atoms. The van der Waals surface area contributed by atoms with E-state index >= 15 is 0 Å². The van der Waals surface area contributed by atoms with Gasteiger partial charge in [-0.15, -0.1) is 11.6 Å². The molecule has 0 saturated heterocycles. The third-order valence-corrected chi connectivity index (χ3v) is 9.42. The number of fused-ring (bicyclic) bond motifs is 10. The molecule has 0 amide bonds. The van der Waals surface area contributed by atoms with Crippen LogP contribution >= 0.6 is 11.6 Å². The monoisotopic (exact) mass is 523 g/mol. The quantitative estimate of drug-likeness (QED) is 0.356. The van der Waals surface area contributed by atoms with Gasteiger partial charge in [0.15, 0.2) is 0 Å². The number of aromatic nitrogens is 6. The lowest BCUT2D eigenvalue weighted by molar-refractivity contribution is 0.597. The largest absolute Gasteiger partial charge is 0.336 e. The highest BCUT2D eigenvalue weighted by atomic mass is 35.5. The number of benzene rings is 1. The first-order chi connectivity index (χ1) is 18.4. The van der Waals surface area contributed by atoms with Crippen molar-refractivity contribution in [3.63, 3.8) is 0 Å². The summed E-state index contributed by atoms with van der Waals surface area (Å²) in [5.74, 6) is 1.45. The van der Waals surface area contributed by atoms with Crippen molar-refractivity contribution in [3.05, 3.63) is 87.8 Å². The summed E-state index contributed by atoms with van der Waals surface area (Å²) < 4.78 is 2.24. The molecule has 1 N–H and O–H groups in total. The van der Waals surface area contributed by atoms with E-state index in [0.29, 0.717) is 5.92 Å². The molecule has 1 fully saturated rings. The lowest BCUT2D eigenvalue weighted by Crippen LogP contribution is -2.41. The van der Waals surface area contributed by atoms with Gasteiger partial charge in [0.05, 0.1) is 34.4 Å². The van der Waals surface area contributed by atoms with Gasteiger partial charge in [0.1, 0.15) is 4.87 Å². The third kappa shape index (κ3) is 2.91. The standard InChI is InChI=1S/C30H30ClN7/c1-4-17-6-5-7-20-22-12-29(2,31)26-23(15-34-35-26)30(22,3)27-21-16-37(11-10-24(21)36-38(27)25(17)20)28-32-13-19(14-33-28)18-8-9-18/h5-7,12-15,18H,4,8-11,16H2,1-3H3,(H,34,35). The SMILES string of the molecule is CCc1cccc2c1-n1nc3c(c1C1(C)C2=CC(C)(Cl)c2[nH]ncc21)CN(c1ncc(C2CC2)cn1)CC3. The highest BCUT2D eigenvalue weighted by molar-refractivity contribution is 6.26. The first-order valence-corrected chi connectivity index (χ1v) is 14.0. The second-order valence-corrected chi connectivity index (χ2v) is 12.3. The Kier molecular flexibility index (Phi) is 4.48. The van der Waals surface area contributed by atoms with Gasteiger partial charge in [0.25, 0.3) is 0 Å². The molecule has 7 nitrogen and oxygen atoms in total. The number of hydrogen-bond donors (Lipinski definition) is 1. The molecule has 8 heteroatoms. The van der Waals surface area contributed by atoms with Gasteiger partial charge in [-0.3, -0.25) is 5.10 Å². The van der Waals surface area contributed by atoms with Crippen LogP contribution in [0.15, 0.2) is 42.9 Å². The van der Waals surface area contributed by atoms with Crippen molar-refractivity contribution in [2.24, 2.45) is 0 Å². The number of anilines is 1. The lowest BCUT2D eigenvalue weighted by atomic mass is 9.63. The molecule has 4 aromatic rings. The maximum absolute atomic E-state index is 7.16. The number of aryl methyl sites for hydroxylation is 1. The number of aromatic amines is 1. The van der Waals surface area contributed by atoms with E-state index in [1.54, 1.807) is 0 Å². The van der Waals surface area contributed by atoms with Crippen LogP contribution in [0.2, 0.25) is 0 Å². The number of nitrogens with one attached hydrogen (secondary N) is 1. The minimum Gasteiger partial charge on any atom is -0.336 e. The van der Waals surface area contributed by atoms with Crippen LogP contribution in [0.5, 0.6) is 0 Å². The fraction of sp³-hybridized carbons (Fsp3) is 0.400. The number of halogens is 1. The van der Waals surface area contributed by atoms with Crippen molar-refractivity contribution in [1.82, 2.24) is 29.9 Å². The van der Waals surface area contributed by atoms with Crippen molar-refractivity contribution in [3.8, 4) is 5.69 Å². The summed E-state index contributed by atoms with van der Waals surface area (Å²) in [7, 11) is 0. The normalized spacial score (nSPS) is 25.2. The highest BCUT2D eigenvalue weighted by Crippen LogP contribution is 2.58. The summed E-state index contributed by atoms with van der Waals surface area (Å²) in [5, 5.41) is 13.0. The van der Waals surface area contributed by atoms with Crippen LogP contribution < -0.4 is 4.90 Å². The number of H-pyrrole nitrogens is 1. The van der Waals surface area contributed by atoms with Crippen LogP contribution in [0.1, 0.15) is 84.4 Å². The van der Waals surface area contributed by atoms with Gasteiger partial charge < -0.3 is 4.90 Å². The van der Waals surface area contributed by atoms with Gasteiger partial charge in [-0.2, -0.15) is 10.2 Å². The molecule has 5 heterocycles. The van der Waals surface area contributed by atoms with Crippen LogP contribution in [0, 0.1) is 0 Å². The minimum atomic E-state index is -0.675. The second kappa shape index (κ2) is 7.56. The van der Waals surface area contributed by atoms with Crippen molar-refractivity contribution in [2.45, 2.75) is 69.2 Å². The van der Waals surface area contributed by atoms with Crippen LogP contribution in [-0.4, -0.2) is 36.5 Å². The van der Waals surface area contributed by atoms with E-state index in [0.717, 1.165) is 48.8 Å². The number of alkyl halides is 1. The zero-order valence-electron chi connectivity index (χ0n) is 21.9. The Morgan fingerprint density at radius 3 is 2.71 bits per heavy atom. The Labute approximate surface area is 227 Å². The third-order valence-electron chi connectivity index (χ3n) is 9.12. The average Bonchev–Trinajstić information content (AvgIpc) is 3.50. The molecular weight excluding hydrogens is 494 g/mol. The van der Waals surface area contributed by atoms with E-state index in [-0.39, 0.29) is 0 Å².